The van der Waals surface area contributed by atoms with Gasteiger partial charge >= 0.3 is 0 Å². The standard InChI is InChI=1S/C15H12ClF2NO4S/c1-24(21,22)19-15(20)10-3-5-14(11(16)7-10)23-8-9-2-4-12(17)13(18)6-9/h2-7H,8H2,1H3,(H,19,20). The van der Waals surface area contributed by atoms with E-state index in [-0.39, 0.29) is 22.9 Å². The Hall–Kier alpha value is -2.19. The smallest absolute Gasteiger partial charge is 0.264 e. The van der Waals surface area contributed by atoms with Crippen molar-refractivity contribution in [2.24, 2.45) is 0 Å². The SMILES string of the molecule is CS(=O)(=O)NC(=O)c1ccc(OCc2ccc(F)c(F)c2)c(Cl)c1. The van der Waals surface area contributed by atoms with Gasteiger partial charge in [-0.3, -0.25) is 4.79 Å². The summed E-state index contributed by atoms with van der Waals surface area (Å²) in [6.45, 7) is -0.0637. The van der Waals surface area contributed by atoms with Crippen LogP contribution in [0.3, 0.4) is 0 Å². The summed E-state index contributed by atoms with van der Waals surface area (Å²) in [6, 6.07) is 7.28. The van der Waals surface area contributed by atoms with Crippen molar-refractivity contribution in [1.29, 1.82) is 0 Å². The van der Waals surface area contributed by atoms with Crippen molar-refractivity contribution in [1.82, 2.24) is 4.72 Å². The average molecular weight is 376 g/mol. The highest BCUT2D eigenvalue weighted by atomic mass is 35.5. The summed E-state index contributed by atoms with van der Waals surface area (Å²) in [5.41, 5.74) is 0.425. The monoisotopic (exact) mass is 375 g/mol. The molecule has 0 spiro atoms. The van der Waals surface area contributed by atoms with Crippen LogP contribution in [-0.4, -0.2) is 20.6 Å². The van der Waals surface area contributed by atoms with Crippen molar-refractivity contribution < 1.29 is 26.7 Å². The molecule has 0 atom stereocenters. The van der Waals surface area contributed by atoms with Gasteiger partial charge in [0.25, 0.3) is 5.91 Å². The molecule has 0 aliphatic rings. The summed E-state index contributed by atoms with van der Waals surface area (Å²) in [4.78, 5) is 11.7. The lowest BCUT2D eigenvalue weighted by atomic mass is 10.2. The van der Waals surface area contributed by atoms with E-state index in [1.807, 2.05) is 4.72 Å². The van der Waals surface area contributed by atoms with Crippen molar-refractivity contribution in [2.45, 2.75) is 6.61 Å². The molecule has 5 nitrogen and oxygen atoms in total. The quantitative estimate of drug-likeness (QED) is 0.872. The normalized spacial score (nSPS) is 11.2. The third kappa shape index (κ3) is 4.90. The van der Waals surface area contributed by atoms with Crippen molar-refractivity contribution in [2.75, 3.05) is 6.26 Å². The Morgan fingerprint density at radius 3 is 2.46 bits per heavy atom. The third-order valence-corrected chi connectivity index (χ3v) is 3.70. The first-order valence-corrected chi connectivity index (χ1v) is 8.81. The fourth-order valence-corrected chi connectivity index (χ4v) is 2.47. The largest absolute Gasteiger partial charge is 0.487 e. The Labute approximate surface area is 142 Å². The second-order valence-electron chi connectivity index (χ2n) is 4.89. The van der Waals surface area contributed by atoms with E-state index in [2.05, 4.69) is 0 Å². The highest BCUT2D eigenvalue weighted by Gasteiger charge is 2.13. The van der Waals surface area contributed by atoms with Crippen LogP contribution < -0.4 is 9.46 Å². The summed E-state index contributed by atoms with van der Waals surface area (Å²) in [5, 5.41) is 0.0683. The molecule has 128 valence electrons. The second-order valence-corrected chi connectivity index (χ2v) is 7.04. The first-order valence-electron chi connectivity index (χ1n) is 6.54. The number of rotatable bonds is 5. The van der Waals surface area contributed by atoms with Gasteiger partial charge in [0.1, 0.15) is 12.4 Å². The second kappa shape index (κ2) is 7.14. The molecule has 0 heterocycles. The maximum absolute atomic E-state index is 13.1. The molecule has 2 aromatic rings. The topological polar surface area (TPSA) is 72.5 Å². The zero-order valence-electron chi connectivity index (χ0n) is 12.3. The Morgan fingerprint density at radius 2 is 1.88 bits per heavy atom. The highest BCUT2D eigenvalue weighted by molar-refractivity contribution is 7.89. The average Bonchev–Trinajstić information content (AvgIpc) is 2.47. The first kappa shape index (κ1) is 18.2. The van der Waals surface area contributed by atoms with Gasteiger partial charge in [0.15, 0.2) is 11.6 Å². The van der Waals surface area contributed by atoms with Crippen molar-refractivity contribution in [3.8, 4) is 5.75 Å². The van der Waals surface area contributed by atoms with Gasteiger partial charge in [-0.05, 0) is 35.9 Å². The molecule has 2 aromatic carbocycles. The Bertz CT molecular complexity index is 887. The van der Waals surface area contributed by atoms with Gasteiger partial charge in [0.05, 0.1) is 11.3 Å². The number of hydrogen-bond acceptors (Lipinski definition) is 4. The summed E-state index contributed by atoms with van der Waals surface area (Å²) in [7, 11) is -3.69. The Kier molecular flexibility index (Phi) is 5.40. The van der Waals surface area contributed by atoms with Gasteiger partial charge in [-0.25, -0.2) is 21.9 Å². The first-order chi connectivity index (χ1) is 11.2. The predicted octanol–water partition coefficient (Wildman–Crippen LogP) is 2.89. The minimum Gasteiger partial charge on any atom is -0.487 e. The van der Waals surface area contributed by atoms with E-state index in [0.29, 0.717) is 5.56 Å². The number of nitrogens with one attached hydrogen (secondary N) is 1. The third-order valence-electron chi connectivity index (χ3n) is 2.85. The van der Waals surface area contributed by atoms with Crippen LogP contribution >= 0.6 is 11.6 Å². The molecule has 2 rings (SSSR count). The lowest BCUT2D eigenvalue weighted by molar-refractivity contribution is 0.0981. The van der Waals surface area contributed by atoms with Gasteiger partial charge in [-0.15, -0.1) is 0 Å². The van der Waals surface area contributed by atoms with E-state index >= 15 is 0 Å². The number of amides is 1. The Balaban J connectivity index is 2.09. The van der Waals surface area contributed by atoms with Crippen LogP contribution in [-0.2, 0) is 16.6 Å². The van der Waals surface area contributed by atoms with Gasteiger partial charge in [0, 0.05) is 5.56 Å². The van der Waals surface area contributed by atoms with Crippen LogP contribution in [0.1, 0.15) is 15.9 Å². The summed E-state index contributed by atoms with van der Waals surface area (Å²) >= 11 is 5.98. The van der Waals surface area contributed by atoms with Crippen molar-refractivity contribution in [3.63, 3.8) is 0 Å². The van der Waals surface area contributed by atoms with Crippen LogP contribution in [0.5, 0.6) is 5.75 Å². The molecule has 0 saturated heterocycles. The molecule has 0 fully saturated rings. The molecular formula is C15H12ClF2NO4S. The van der Waals surface area contributed by atoms with Gasteiger partial charge in [0.2, 0.25) is 10.0 Å². The van der Waals surface area contributed by atoms with Gasteiger partial charge in [-0.2, -0.15) is 0 Å². The zero-order valence-corrected chi connectivity index (χ0v) is 13.9. The lowest BCUT2D eigenvalue weighted by Gasteiger charge is -2.10. The fraction of sp³-hybridized carbons (Fsp3) is 0.133. The van der Waals surface area contributed by atoms with Crippen LogP contribution in [0, 0.1) is 11.6 Å². The molecule has 0 saturated carbocycles. The van der Waals surface area contributed by atoms with Crippen LogP contribution in [0.2, 0.25) is 5.02 Å². The summed E-state index contributed by atoms with van der Waals surface area (Å²) < 4.78 is 55.2. The molecule has 0 radical (unpaired) electrons. The van der Waals surface area contributed by atoms with Gasteiger partial charge < -0.3 is 4.74 Å². The van der Waals surface area contributed by atoms with E-state index in [1.165, 1.54) is 24.3 Å². The number of halogens is 3. The molecule has 24 heavy (non-hydrogen) atoms. The van der Waals surface area contributed by atoms with E-state index in [1.54, 1.807) is 0 Å². The summed E-state index contributed by atoms with van der Waals surface area (Å²) in [5.74, 6) is -2.57. The molecule has 1 amide bonds. The maximum atomic E-state index is 13.1. The molecular weight excluding hydrogens is 364 g/mol. The number of benzene rings is 2. The zero-order chi connectivity index (χ0) is 17.9. The van der Waals surface area contributed by atoms with E-state index < -0.39 is 27.6 Å². The molecule has 0 aromatic heterocycles. The minimum absolute atomic E-state index is 0.0330. The molecule has 0 unspecified atom stereocenters. The molecule has 0 bridgehead atoms. The molecule has 1 N–H and O–H groups in total. The Morgan fingerprint density at radius 1 is 1.17 bits per heavy atom. The minimum atomic E-state index is -3.69. The number of ether oxygens (including phenoxy) is 1. The van der Waals surface area contributed by atoms with E-state index in [4.69, 9.17) is 16.3 Å². The van der Waals surface area contributed by atoms with E-state index in [9.17, 15) is 22.0 Å². The number of hydrogen-bond donors (Lipinski definition) is 1. The van der Waals surface area contributed by atoms with Crippen molar-refractivity contribution in [3.05, 3.63) is 64.2 Å². The molecule has 0 aliphatic heterocycles. The van der Waals surface area contributed by atoms with Crippen LogP contribution in [0.25, 0.3) is 0 Å². The van der Waals surface area contributed by atoms with Gasteiger partial charge in [-0.1, -0.05) is 17.7 Å². The number of sulfonamides is 1. The summed E-state index contributed by atoms with van der Waals surface area (Å²) in [6.07, 6.45) is 0.853. The maximum Gasteiger partial charge on any atom is 0.264 e. The van der Waals surface area contributed by atoms with Crippen LogP contribution in [0.15, 0.2) is 36.4 Å². The highest BCUT2D eigenvalue weighted by Crippen LogP contribution is 2.26. The predicted molar refractivity (Wildman–Crippen MR) is 84.5 cm³/mol. The molecule has 9 heteroatoms. The number of carbonyl (C=O) groups excluding carboxylic acids is 1. The molecule has 0 aliphatic carbocycles. The van der Waals surface area contributed by atoms with Crippen molar-refractivity contribution >= 4 is 27.5 Å². The fourth-order valence-electron chi connectivity index (χ4n) is 1.78. The van der Waals surface area contributed by atoms with E-state index in [0.717, 1.165) is 18.4 Å². The van der Waals surface area contributed by atoms with Crippen LogP contribution in [0.4, 0.5) is 8.78 Å². The lowest BCUT2D eigenvalue weighted by Crippen LogP contribution is -2.29. The number of carbonyl (C=O) groups is 1.